The van der Waals surface area contributed by atoms with Crippen LogP contribution >= 0.6 is 11.3 Å². The number of carbonyl (C=O) groups excluding carboxylic acids is 1. The van der Waals surface area contributed by atoms with Crippen LogP contribution in [-0.2, 0) is 24.2 Å². The van der Waals surface area contributed by atoms with E-state index in [-0.39, 0.29) is 11.8 Å². The van der Waals surface area contributed by atoms with Crippen molar-refractivity contribution in [2.75, 3.05) is 25.5 Å². The average molecular weight is 450 g/mol. The Bertz CT molecular complexity index is 1220. The molecule has 1 atom stereocenters. The van der Waals surface area contributed by atoms with Crippen molar-refractivity contribution in [1.82, 2.24) is 14.9 Å². The number of rotatable bonds is 6. The minimum atomic E-state index is 0.0467. The lowest BCUT2D eigenvalue weighted by Gasteiger charge is -2.26. The van der Waals surface area contributed by atoms with Crippen molar-refractivity contribution >= 4 is 45.2 Å². The first kappa shape index (κ1) is 20.9. The summed E-state index contributed by atoms with van der Waals surface area (Å²) in [5, 5.41) is 4.59. The number of fused-ring (bicyclic) bond motifs is 4. The number of aromatic nitrogens is 2. The Hall–Kier alpha value is -3.00. The minimum absolute atomic E-state index is 0.0467. The topological polar surface area (TPSA) is 79.7 Å². The van der Waals surface area contributed by atoms with Gasteiger partial charge in [-0.1, -0.05) is 0 Å². The van der Waals surface area contributed by atoms with Gasteiger partial charge in [0.15, 0.2) is 0 Å². The van der Waals surface area contributed by atoms with Crippen LogP contribution < -0.4 is 10.1 Å². The number of carbonyl (C=O) groups is 1. The van der Waals surface area contributed by atoms with Crippen LogP contribution in [0, 0.1) is 5.92 Å². The molecule has 1 aromatic carbocycles. The first-order chi connectivity index (χ1) is 15.6. The van der Waals surface area contributed by atoms with Crippen molar-refractivity contribution in [3.8, 4) is 5.75 Å². The molecule has 1 unspecified atom stereocenters. The molecule has 166 valence electrons. The number of nitrogens with zero attached hydrogens (tertiary/aromatic N) is 4. The third-order valence-corrected chi connectivity index (χ3v) is 7.49. The molecule has 2 aromatic heterocycles. The van der Waals surface area contributed by atoms with Gasteiger partial charge >= 0.3 is 0 Å². The van der Waals surface area contributed by atoms with E-state index in [1.807, 2.05) is 32.0 Å². The molecular formula is C24H27N5O2S. The van der Waals surface area contributed by atoms with Crippen molar-refractivity contribution in [1.29, 1.82) is 0 Å². The Morgan fingerprint density at radius 3 is 3.00 bits per heavy atom. The van der Waals surface area contributed by atoms with Crippen LogP contribution in [0.5, 0.6) is 5.75 Å². The van der Waals surface area contributed by atoms with Gasteiger partial charge in [0.1, 0.15) is 22.7 Å². The third kappa shape index (κ3) is 3.62. The van der Waals surface area contributed by atoms with Gasteiger partial charge < -0.3 is 15.0 Å². The van der Waals surface area contributed by atoms with E-state index in [0.717, 1.165) is 58.8 Å². The van der Waals surface area contributed by atoms with Crippen LogP contribution in [0.1, 0.15) is 41.8 Å². The van der Waals surface area contributed by atoms with Crippen molar-refractivity contribution in [3.05, 3.63) is 40.0 Å². The summed E-state index contributed by atoms with van der Waals surface area (Å²) in [7, 11) is 1.88. The molecule has 7 nitrogen and oxygen atoms in total. The van der Waals surface area contributed by atoms with E-state index in [9.17, 15) is 4.79 Å². The molecule has 5 rings (SSSR count). The van der Waals surface area contributed by atoms with Gasteiger partial charge in [0.2, 0.25) is 5.91 Å². The van der Waals surface area contributed by atoms with Gasteiger partial charge in [-0.15, -0.1) is 11.3 Å². The zero-order valence-corrected chi connectivity index (χ0v) is 19.5. The van der Waals surface area contributed by atoms with Gasteiger partial charge in [0, 0.05) is 30.6 Å². The highest BCUT2D eigenvalue weighted by atomic mass is 32.1. The first-order valence-corrected chi connectivity index (χ1v) is 12.0. The molecule has 8 heteroatoms. The standard InChI is InChI=1S/C24H27N5O2S/c1-4-29(3)24(30)14-6-7-17-20(10-14)32-23-21(17)22(26-13-27-23)28-18-8-15-11-25-12-16(15)9-19(18)31-5-2/h8-9,11,13-14H,4-7,10,12H2,1-3H3,(H,26,27,28). The van der Waals surface area contributed by atoms with E-state index in [1.54, 1.807) is 17.7 Å². The van der Waals surface area contributed by atoms with Gasteiger partial charge in [0.25, 0.3) is 0 Å². The van der Waals surface area contributed by atoms with Crippen molar-refractivity contribution in [2.45, 2.75) is 39.7 Å². The average Bonchev–Trinajstić information content (AvgIpc) is 3.42. The number of aryl methyl sites for hydroxylation is 1. The fourth-order valence-electron chi connectivity index (χ4n) is 4.52. The van der Waals surface area contributed by atoms with Gasteiger partial charge in [0.05, 0.1) is 24.2 Å². The lowest BCUT2D eigenvalue weighted by atomic mass is 9.87. The molecule has 1 N–H and O–H groups in total. The number of aliphatic imine (C=N–C) groups is 1. The van der Waals surface area contributed by atoms with Gasteiger partial charge in [-0.2, -0.15) is 0 Å². The van der Waals surface area contributed by atoms with E-state index in [0.29, 0.717) is 13.2 Å². The maximum absolute atomic E-state index is 12.7. The summed E-state index contributed by atoms with van der Waals surface area (Å²) in [5.41, 5.74) is 4.44. The summed E-state index contributed by atoms with van der Waals surface area (Å²) in [4.78, 5) is 30.3. The molecule has 0 saturated carbocycles. The molecule has 0 spiro atoms. The number of hydrogen-bond acceptors (Lipinski definition) is 7. The van der Waals surface area contributed by atoms with E-state index in [2.05, 4.69) is 32.4 Å². The second-order valence-electron chi connectivity index (χ2n) is 8.27. The van der Waals surface area contributed by atoms with Gasteiger partial charge in [-0.25, -0.2) is 9.97 Å². The molecule has 0 saturated heterocycles. The molecule has 1 aliphatic heterocycles. The highest BCUT2D eigenvalue weighted by Crippen LogP contribution is 2.42. The Labute approximate surface area is 191 Å². The fourth-order valence-corrected chi connectivity index (χ4v) is 5.79. The number of benzene rings is 1. The molecule has 1 amide bonds. The highest BCUT2D eigenvalue weighted by Gasteiger charge is 2.30. The quantitative estimate of drug-likeness (QED) is 0.605. The molecule has 0 radical (unpaired) electrons. The summed E-state index contributed by atoms with van der Waals surface area (Å²) in [6.07, 6.45) is 6.01. The molecule has 3 heterocycles. The molecule has 0 fully saturated rings. The number of amides is 1. The SMILES string of the molecule is CCOc1cc2c(cc1Nc1ncnc3sc4c(c13)CCC(C(=O)N(C)CC)C4)C=NC2. The van der Waals surface area contributed by atoms with Crippen LogP contribution in [0.3, 0.4) is 0 Å². The predicted molar refractivity (Wildman–Crippen MR) is 128 cm³/mol. The van der Waals surface area contributed by atoms with Crippen LogP contribution in [0.25, 0.3) is 10.2 Å². The Morgan fingerprint density at radius 1 is 1.31 bits per heavy atom. The van der Waals surface area contributed by atoms with E-state index in [1.165, 1.54) is 16.0 Å². The maximum atomic E-state index is 12.7. The van der Waals surface area contributed by atoms with E-state index in [4.69, 9.17) is 4.74 Å². The molecule has 3 aromatic rings. The van der Waals surface area contributed by atoms with Crippen molar-refractivity contribution in [2.24, 2.45) is 10.9 Å². The summed E-state index contributed by atoms with van der Waals surface area (Å²) in [5.74, 6) is 1.88. The number of anilines is 2. The summed E-state index contributed by atoms with van der Waals surface area (Å²) < 4.78 is 5.91. The zero-order chi connectivity index (χ0) is 22.2. The van der Waals surface area contributed by atoms with Crippen LogP contribution in [0.4, 0.5) is 11.5 Å². The summed E-state index contributed by atoms with van der Waals surface area (Å²) >= 11 is 1.69. The highest BCUT2D eigenvalue weighted by molar-refractivity contribution is 7.19. The van der Waals surface area contributed by atoms with Crippen LogP contribution in [-0.4, -0.2) is 47.2 Å². The summed E-state index contributed by atoms with van der Waals surface area (Å²) in [6, 6.07) is 4.15. The van der Waals surface area contributed by atoms with Crippen LogP contribution in [0.15, 0.2) is 23.5 Å². The normalized spacial score (nSPS) is 16.7. The smallest absolute Gasteiger partial charge is 0.225 e. The molecule has 0 bridgehead atoms. The zero-order valence-electron chi connectivity index (χ0n) is 18.6. The Morgan fingerprint density at radius 2 is 2.19 bits per heavy atom. The monoisotopic (exact) mass is 449 g/mol. The van der Waals surface area contributed by atoms with E-state index < -0.39 is 0 Å². The number of thiophene rings is 1. The first-order valence-electron chi connectivity index (χ1n) is 11.2. The van der Waals surface area contributed by atoms with E-state index >= 15 is 0 Å². The Kier molecular flexibility index (Phi) is 5.55. The van der Waals surface area contributed by atoms with Crippen LogP contribution in [0.2, 0.25) is 0 Å². The van der Waals surface area contributed by atoms with Gasteiger partial charge in [-0.05, 0) is 61.9 Å². The second kappa shape index (κ2) is 8.50. The lowest BCUT2D eigenvalue weighted by molar-refractivity contribution is -0.134. The molecule has 1 aliphatic carbocycles. The number of ether oxygens (including phenoxy) is 1. The molecule has 32 heavy (non-hydrogen) atoms. The van der Waals surface area contributed by atoms with Gasteiger partial charge in [-0.3, -0.25) is 9.79 Å². The predicted octanol–water partition coefficient (Wildman–Crippen LogP) is 4.35. The largest absolute Gasteiger partial charge is 0.492 e. The maximum Gasteiger partial charge on any atom is 0.225 e. The number of hydrogen-bond donors (Lipinski definition) is 1. The van der Waals surface area contributed by atoms with Crippen molar-refractivity contribution in [3.63, 3.8) is 0 Å². The summed E-state index contributed by atoms with van der Waals surface area (Å²) in [6.45, 7) is 6.02. The van der Waals surface area contributed by atoms with Crippen molar-refractivity contribution < 1.29 is 9.53 Å². The Balaban J connectivity index is 1.50. The lowest BCUT2D eigenvalue weighted by Crippen LogP contribution is -2.35. The minimum Gasteiger partial charge on any atom is -0.492 e. The number of nitrogens with one attached hydrogen (secondary N) is 1. The fraction of sp³-hybridized carbons (Fsp3) is 0.417. The molecule has 2 aliphatic rings. The second-order valence-corrected chi connectivity index (χ2v) is 9.36. The third-order valence-electron chi connectivity index (χ3n) is 6.33. The molecular weight excluding hydrogens is 422 g/mol.